The standard InChI is InChI=1S/C22H19N3O5S2/c1-14-5-7-16(8-6-14)21-24-23-20(30-21)15(2)29-22(26)17-9-11-18(12-10-17)25-32(27,28)19-4-3-13-31-19/h3-13,15,25H,1-2H3. The van der Waals surface area contributed by atoms with Crippen molar-refractivity contribution in [1.29, 1.82) is 0 Å². The van der Waals surface area contributed by atoms with Gasteiger partial charge in [0.2, 0.25) is 5.89 Å². The number of carbonyl (C=O) groups is 1. The van der Waals surface area contributed by atoms with E-state index < -0.39 is 22.1 Å². The molecule has 0 aliphatic heterocycles. The van der Waals surface area contributed by atoms with E-state index in [2.05, 4.69) is 14.9 Å². The van der Waals surface area contributed by atoms with E-state index in [-0.39, 0.29) is 15.7 Å². The first-order chi connectivity index (χ1) is 15.3. The number of thiophene rings is 1. The van der Waals surface area contributed by atoms with Crippen LogP contribution < -0.4 is 4.72 Å². The second-order valence-corrected chi connectivity index (χ2v) is 9.83. The molecule has 164 valence electrons. The molecular weight excluding hydrogens is 450 g/mol. The fourth-order valence-corrected chi connectivity index (χ4v) is 4.84. The maximum absolute atomic E-state index is 12.5. The van der Waals surface area contributed by atoms with Crippen molar-refractivity contribution in [3.63, 3.8) is 0 Å². The second-order valence-electron chi connectivity index (χ2n) is 6.97. The lowest BCUT2D eigenvalue weighted by Gasteiger charge is -2.10. The minimum Gasteiger partial charge on any atom is -0.449 e. The number of benzene rings is 2. The van der Waals surface area contributed by atoms with Gasteiger partial charge in [-0.05, 0) is 61.7 Å². The lowest BCUT2D eigenvalue weighted by atomic mass is 10.1. The van der Waals surface area contributed by atoms with Gasteiger partial charge in [-0.3, -0.25) is 4.72 Å². The molecule has 0 amide bonds. The average molecular weight is 470 g/mol. The first-order valence-electron chi connectivity index (χ1n) is 9.59. The monoisotopic (exact) mass is 469 g/mol. The van der Waals surface area contributed by atoms with Crippen molar-refractivity contribution in [2.24, 2.45) is 0 Å². The number of rotatable bonds is 7. The van der Waals surface area contributed by atoms with Crippen LogP contribution in [0.1, 0.15) is 34.8 Å². The molecule has 2 heterocycles. The fourth-order valence-electron chi connectivity index (χ4n) is 2.79. The van der Waals surface area contributed by atoms with Crippen LogP contribution >= 0.6 is 11.3 Å². The number of ether oxygens (including phenoxy) is 1. The SMILES string of the molecule is Cc1ccc(-c2nnc(C(C)OC(=O)c3ccc(NS(=O)(=O)c4cccs4)cc3)o2)cc1. The number of sulfonamides is 1. The van der Waals surface area contributed by atoms with Crippen LogP contribution in [-0.2, 0) is 14.8 Å². The summed E-state index contributed by atoms with van der Waals surface area (Å²) in [5.74, 6) is -0.0835. The summed E-state index contributed by atoms with van der Waals surface area (Å²) in [5, 5.41) is 9.66. The normalized spacial score (nSPS) is 12.3. The molecule has 0 fully saturated rings. The highest BCUT2D eigenvalue weighted by atomic mass is 32.2. The molecule has 0 saturated heterocycles. The Morgan fingerprint density at radius 3 is 2.44 bits per heavy atom. The topological polar surface area (TPSA) is 111 Å². The molecule has 1 N–H and O–H groups in total. The number of carbonyl (C=O) groups excluding carboxylic acids is 1. The fraction of sp³-hybridized carbons (Fsp3) is 0.136. The van der Waals surface area contributed by atoms with Gasteiger partial charge in [-0.15, -0.1) is 21.5 Å². The largest absolute Gasteiger partial charge is 0.449 e. The Kier molecular flexibility index (Phi) is 6.06. The first-order valence-corrected chi connectivity index (χ1v) is 12.0. The van der Waals surface area contributed by atoms with E-state index in [1.54, 1.807) is 18.4 Å². The summed E-state index contributed by atoms with van der Waals surface area (Å²) in [5.41, 5.74) is 2.48. The Labute approximate surface area is 188 Å². The summed E-state index contributed by atoms with van der Waals surface area (Å²) in [6.45, 7) is 3.61. The predicted octanol–water partition coefficient (Wildman–Crippen LogP) is 4.83. The van der Waals surface area contributed by atoms with Gasteiger partial charge >= 0.3 is 5.97 Å². The van der Waals surface area contributed by atoms with Crippen LogP contribution in [0, 0.1) is 6.92 Å². The van der Waals surface area contributed by atoms with Crippen LogP contribution in [0.3, 0.4) is 0 Å². The second kappa shape index (κ2) is 8.93. The van der Waals surface area contributed by atoms with Gasteiger partial charge in [-0.1, -0.05) is 23.8 Å². The van der Waals surface area contributed by atoms with Crippen LogP contribution in [0.2, 0.25) is 0 Å². The minimum atomic E-state index is -3.66. The third kappa shape index (κ3) is 4.87. The Bertz CT molecular complexity index is 1310. The lowest BCUT2D eigenvalue weighted by Crippen LogP contribution is -2.12. The Morgan fingerprint density at radius 1 is 1.06 bits per heavy atom. The molecule has 1 unspecified atom stereocenters. The van der Waals surface area contributed by atoms with Gasteiger partial charge in [0.1, 0.15) is 4.21 Å². The van der Waals surface area contributed by atoms with E-state index in [4.69, 9.17) is 9.15 Å². The van der Waals surface area contributed by atoms with Gasteiger partial charge in [0.15, 0.2) is 6.10 Å². The molecule has 0 aliphatic rings. The summed E-state index contributed by atoms with van der Waals surface area (Å²) < 4.78 is 38.3. The zero-order valence-electron chi connectivity index (χ0n) is 17.2. The Morgan fingerprint density at radius 2 is 1.78 bits per heavy atom. The number of aryl methyl sites for hydroxylation is 1. The first kappa shape index (κ1) is 21.7. The van der Waals surface area contributed by atoms with Crippen LogP contribution in [0.25, 0.3) is 11.5 Å². The van der Waals surface area contributed by atoms with Crippen LogP contribution in [0.4, 0.5) is 5.69 Å². The molecule has 0 spiro atoms. The molecule has 2 aromatic carbocycles. The maximum Gasteiger partial charge on any atom is 0.338 e. The average Bonchev–Trinajstić information content (AvgIpc) is 3.47. The van der Waals surface area contributed by atoms with E-state index in [0.29, 0.717) is 11.6 Å². The molecule has 32 heavy (non-hydrogen) atoms. The van der Waals surface area contributed by atoms with Crippen LogP contribution in [0.5, 0.6) is 0 Å². The van der Waals surface area contributed by atoms with Crippen molar-refractivity contribution < 1.29 is 22.4 Å². The number of nitrogens with one attached hydrogen (secondary N) is 1. The molecule has 0 radical (unpaired) electrons. The van der Waals surface area contributed by atoms with E-state index in [9.17, 15) is 13.2 Å². The zero-order valence-corrected chi connectivity index (χ0v) is 18.8. The highest BCUT2D eigenvalue weighted by molar-refractivity contribution is 7.94. The summed E-state index contributed by atoms with van der Waals surface area (Å²) in [7, 11) is -3.66. The van der Waals surface area contributed by atoms with E-state index in [0.717, 1.165) is 22.5 Å². The third-order valence-corrected chi connectivity index (χ3v) is 7.28. The van der Waals surface area contributed by atoms with Gasteiger partial charge in [0.05, 0.1) is 5.56 Å². The van der Waals surface area contributed by atoms with E-state index in [1.165, 1.54) is 30.3 Å². The van der Waals surface area contributed by atoms with Crippen LogP contribution in [0.15, 0.2) is 74.7 Å². The van der Waals surface area contributed by atoms with Crippen molar-refractivity contribution in [3.05, 3.63) is 83.1 Å². The molecule has 10 heteroatoms. The van der Waals surface area contributed by atoms with Gasteiger partial charge in [0, 0.05) is 11.3 Å². The molecule has 8 nitrogen and oxygen atoms in total. The number of aromatic nitrogens is 2. The summed E-state index contributed by atoms with van der Waals surface area (Å²) in [6.07, 6.45) is -0.758. The maximum atomic E-state index is 12.5. The molecule has 4 rings (SSSR count). The van der Waals surface area contributed by atoms with Crippen LogP contribution in [-0.4, -0.2) is 24.6 Å². The van der Waals surface area contributed by atoms with Crippen molar-refractivity contribution in [3.8, 4) is 11.5 Å². The van der Waals surface area contributed by atoms with Crippen molar-refractivity contribution >= 4 is 33.0 Å². The molecule has 1 atom stereocenters. The smallest absolute Gasteiger partial charge is 0.338 e. The van der Waals surface area contributed by atoms with Crippen molar-refractivity contribution in [2.45, 2.75) is 24.2 Å². The van der Waals surface area contributed by atoms with Gasteiger partial charge < -0.3 is 9.15 Å². The predicted molar refractivity (Wildman–Crippen MR) is 120 cm³/mol. The Hall–Kier alpha value is -3.50. The molecule has 2 aromatic heterocycles. The summed E-state index contributed by atoms with van der Waals surface area (Å²) in [6, 6.07) is 16.7. The highest BCUT2D eigenvalue weighted by Gasteiger charge is 2.20. The van der Waals surface area contributed by atoms with E-state index >= 15 is 0 Å². The molecule has 4 aromatic rings. The van der Waals surface area contributed by atoms with Gasteiger partial charge in [0.25, 0.3) is 15.9 Å². The molecule has 0 aliphatic carbocycles. The summed E-state index contributed by atoms with van der Waals surface area (Å²) in [4.78, 5) is 12.5. The number of anilines is 1. The van der Waals surface area contributed by atoms with Gasteiger partial charge in [-0.2, -0.15) is 0 Å². The quantitative estimate of drug-likeness (QED) is 0.386. The number of nitrogens with zero attached hydrogens (tertiary/aromatic N) is 2. The number of hydrogen-bond acceptors (Lipinski definition) is 8. The third-order valence-electron chi connectivity index (χ3n) is 4.50. The minimum absolute atomic E-state index is 0.175. The highest BCUT2D eigenvalue weighted by Crippen LogP contribution is 2.24. The van der Waals surface area contributed by atoms with Crippen molar-refractivity contribution in [2.75, 3.05) is 4.72 Å². The van der Waals surface area contributed by atoms with Gasteiger partial charge in [-0.25, -0.2) is 13.2 Å². The lowest BCUT2D eigenvalue weighted by molar-refractivity contribution is 0.0280. The summed E-state index contributed by atoms with van der Waals surface area (Å²) >= 11 is 1.12. The molecular formula is C22H19N3O5S2. The van der Waals surface area contributed by atoms with E-state index in [1.807, 2.05) is 31.2 Å². The Balaban J connectivity index is 1.40. The van der Waals surface area contributed by atoms with Crippen molar-refractivity contribution in [1.82, 2.24) is 10.2 Å². The zero-order chi connectivity index (χ0) is 22.7. The molecule has 0 bridgehead atoms. The molecule has 0 saturated carbocycles. The number of hydrogen-bond donors (Lipinski definition) is 1. The number of esters is 1.